The van der Waals surface area contributed by atoms with Crippen LogP contribution in [-0.4, -0.2) is 22.8 Å². The topological polar surface area (TPSA) is 46.5 Å². The molecule has 1 aromatic rings. The van der Waals surface area contributed by atoms with E-state index in [1.54, 1.807) is 6.07 Å². The third kappa shape index (κ3) is 2.30. The number of carbonyl (C=O) groups is 1. The highest BCUT2D eigenvalue weighted by molar-refractivity contribution is 6.55. The summed E-state index contributed by atoms with van der Waals surface area (Å²) in [5, 5.41) is 9.42. The Kier molecular flexibility index (Phi) is 3.61. The minimum atomic E-state index is -1.17. The Hall–Kier alpha value is -0.930. The molecule has 0 amide bonds. The van der Waals surface area contributed by atoms with Gasteiger partial charge in [-0.3, -0.25) is 4.79 Å². The Bertz CT molecular complexity index is 350. The molecule has 14 heavy (non-hydrogen) atoms. The smallest absolute Gasteiger partial charge is 0.199 e. The van der Waals surface area contributed by atoms with Crippen molar-refractivity contribution < 1.29 is 14.6 Å². The van der Waals surface area contributed by atoms with Gasteiger partial charge in [-0.15, -0.1) is 0 Å². The van der Waals surface area contributed by atoms with Gasteiger partial charge < -0.3 is 9.84 Å². The van der Waals surface area contributed by atoms with E-state index in [4.69, 9.17) is 27.9 Å². The number of ketones is 1. The summed E-state index contributed by atoms with van der Waals surface area (Å²) in [6, 6.07) is 4.28. The molecule has 5 heteroatoms. The molecule has 0 atom stereocenters. The van der Waals surface area contributed by atoms with Crippen molar-refractivity contribution in [3.05, 3.63) is 23.8 Å². The van der Waals surface area contributed by atoms with Gasteiger partial charge in [-0.05, 0) is 12.1 Å². The first-order chi connectivity index (χ1) is 6.56. The van der Waals surface area contributed by atoms with Gasteiger partial charge in [-0.1, -0.05) is 23.2 Å². The van der Waals surface area contributed by atoms with Gasteiger partial charge in [0.05, 0.1) is 12.7 Å². The van der Waals surface area contributed by atoms with Crippen molar-refractivity contribution in [2.75, 3.05) is 7.11 Å². The molecule has 0 bridgehead atoms. The number of methoxy groups -OCH3 is 1. The first-order valence-electron chi connectivity index (χ1n) is 3.75. The number of phenolic OH excluding ortho intramolecular Hbond substituents is 1. The van der Waals surface area contributed by atoms with Gasteiger partial charge in [0.15, 0.2) is 10.6 Å². The molecule has 0 saturated carbocycles. The van der Waals surface area contributed by atoms with Crippen LogP contribution in [-0.2, 0) is 0 Å². The minimum Gasteiger partial charge on any atom is -0.507 e. The first kappa shape index (κ1) is 11.1. The number of phenols is 1. The molecule has 0 aliphatic carbocycles. The molecule has 0 unspecified atom stereocenters. The molecule has 0 radical (unpaired) electrons. The third-order valence-electron chi connectivity index (χ3n) is 1.67. The molecular formula is C9H8Cl2O3. The van der Waals surface area contributed by atoms with E-state index in [1.807, 2.05) is 0 Å². The van der Waals surface area contributed by atoms with E-state index in [1.165, 1.54) is 19.2 Å². The normalized spacial score (nSPS) is 10.3. The van der Waals surface area contributed by atoms with Crippen LogP contribution in [0.1, 0.15) is 10.4 Å². The molecule has 0 aromatic heterocycles. The van der Waals surface area contributed by atoms with E-state index in [9.17, 15) is 9.90 Å². The van der Waals surface area contributed by atoms with Crippen LogP contribution in [0.3, 0.4) is 0 Å². The molecule has 1 N–H and O–H groups in total. The van der Waals surface area contributed by atoms with E-state index in [0.29, 0.717) is 5.75 Å². The SMILES string of the molecule is COc1ccc(C(=O)C(Cl)Cl)c(O)c1. The fraction of sp³-hybridized carbons (Fsp3) is 0.222. The van der Waals surface area contributed by atoms with Crippen molar-refractivity contribution in [1.29, 1.82) is 0 Å². The average molecular weight is 235 g/mol. The Balaban J connectivity index is 3.06. The van der Waals surface area contributed by atoms with Crippen LogP contribution < -0.4 is 4.74 Å². The molecule has 3 nitrogen and oxygen atoms in total. The highest BCUT2D eigenvalue weighted by Crippen LogP contribution is 2.26. The number of rotatable bonds is 3. The van der Waals surface area contributed by atoms with Gasteiger partial charge in [0.25, 0.3) is 0 Å². The highest BCUT2D eigenvalue weighted by Gasteiger charge is 2.18. The van der Waals surface area contributed by atoms with Crippen LogP contribution in [0.25, 0.3) is 0 Å². The Morgan fingerprint density at radius 3 is 2.57 bits per heavy atom. The quantitative estimate of drug-likeness (QED) is 0.646. The zero-order chi connectivity index (χ0) is 10.7. The molecular weight excluding hydrogens is 227 g/mol. The van der Waals surface area contributed by atoms with Crippen molar-refractivity contribution in [2.24, 2.45) is 0 Å². The maximum atomic E-state index is 11.3. The van der Waals surface area contributed by atoms with Gasteiger partial charge in [0.2, 0.25) is 0 Å². The summed E-state index contributed by atoms with van der Waals surface area (Å²) < 4.78 is 4.85. The largest absolute Gasteiger partial charge is 0.507 e. The Morgan fingerprint density at radius 2 is 2.14 bits per heavy atom. The number of alkyl halides is 2. The maximum absolute atomic E-state index is 11.3. The zero-order valence-electron chi connectivity index (χ0n) is 7.33. The van der Waals surface area contributed by atoms with E-state index in [-0.39, 0.29) is 11.3 Å². The number of hydrogen-bond donors (Lipinski definition) is 1. The van der Waals surface area contributed by atoms with Crippen LogP contribution in [0.5, 0.6) is 11.5 Å². The molecule has 0 heterocycles. The fourth-order valence-electron chi connectivity index (χ4n) is 0.964. The molecule has 1 aromatic carbocycles. The van der Waals surface area contributed by atoms with E-state index < -0.39 is 10.6 Å². The summed E-state index contributed by atoms with van der Waals surface area (Å²) in [6.07, 6.45) is 0. The van der Waals surface area contributed by atoms with E-state index in [2.05, 4.69) is 0 Å². The summed E-state index contributed by atoms with van der Waals surface area (Å²) >= 11 is 10.8. The predicted molar refractivity (Wildman–Crippen MR) is 54.5 cm³/mol. The second-order valence-corrected chi connectivity index (χ2v) is 3.64. The third-order valence-corrected chi connectivity index (χ3v) is 2.06. The Morgan fingerprint density at radius 1 is 1.50 bits per heavy atom. The van der Waals surface area contributed by atoms with Gasteiger partial charge in [0.1, 0.15) is 11.5 Å². The van der Waals surface area contributed by atoms with Crippen molar-refractivity contribution in [2.45, 2.75) is 4.84 Å². The zero-order valence-corrected chi connectivity index (χ0v) is 8.84. The predicted octanol–water partition coefficient (Wildman–Crippen LogP) is 2.39. The molecule has 0 spiro atoms. The second kappa shape index (κ2) is 4.53. The molecule has 1 rings (SSSR count). The average Bonchev–Trinajstić information content (AvgIpc) is 2.16. The molecule has 0 aliphatic heterocycles. The van der Waals surface area contributed by atoms with Crippen LogP contribution in [0.2, 0.25) is 0 Å². The lowest BCUT2D eigenvalue weighted by Gasteiger charge is -2.05. The highest BCUT2D eigenvalue weighted by atomic mass is 35.5. The first-order valence-corrected chi connectivity index (χ1v) is 4.63. The minimum absolute atomic E-state index is 0.0841. The summed E-state index contributed by atoms with van der Waals surface area (Å²) in [4.78, 5) is 10.1. The summed E-state index contributed by atoms with van der Waals surface area (Å²) in [6.45, 7) is 0. The summed E-state index contributed by atoms with van der Waals surface area (Å²) in [5.41, 5.74) is 0.0841. The van der Waals surface area contributed by atoms with Crippen molar-refractivity contribution >= 4 is 29.0 Å². The van der Waals surface area contributed by atoms with E-state index in [0.717, 1.165) is 0 Å². The lowest BCUT2D eigenvalue weighted by atomic mass is 10.1. The standard InChI is InChI=1S/C9H8Cl2O3/c1-14-5-2-3-6(7(12)4-5)8(13)9(10)11/h2-4,9,12H,1H3. The lowest BCUT2D eigenvalue weighted by molar-refractivity contribution is 0.100. The number of ether oxygens (including phenoxy) is 1. The lowest BCUT2D eigenvalue weighted by Crippen LogP contribution is -2.08. The van der Waals surface area contributed by atoms with Crippen LogP contribution in [0.4, 0.5) is 0 Å². The summed E-state index contributed by atoms with van der Waals surface area (Å²) in [7, 11) is 1.46. The van der Waals surface area contributed by atoms with E-state index >= 15 is 0 Å². The number of carbonyl (C=O) groups excluding carboxylic acids is 1. The number of hydrogen-bond acceptors (Lipinski definition) is 3. The van der Waals surface area contributed by atoms with Crippen LogP contribution in [0, 0.1) is 0 Å². The van der Waals surface area contributed by atoms with Crippen LogP contribution in [0.15, 0.2) is 18.2 Å². The number of Topliss-reactive ketones (excluding diaryl/α,β-unsaturated/α-hetero) is 1. The Labute approximate surface area is 91.2 Å². The maximum Gasteiger partial charge on any atom is 0.199 e. The van der Waals surface area contributed by atoms with Gasteiger partial charge in [0, 0.05) is 6.07 Å². The van der Waals surface area contributed by atoms with Gasteiger partial charge in [-0.25, -0.2) is 0 Å². The molecule has 0 aliphatic rings. The molecule has 0 fully saturated rings. The molecule has 0 saturated heterocycles. The second-order valence-electron chi connectivity index (χ2n) is 2.55. The number of benzene rings is 1. The number of aromatic hydroxyl groups is 1. The fourth-order valence-corrected chi connectivity index (χ4v) is 1.20. The van der Waals surface area contributed by atoms with Crippen molar-refractivity contribution in [1.82, 2.24) is 0 Å². The monoisotopic (exact) mass is 234 g/mol. The van der Waals surface area contributed by atoms with Crippen LogP contribution >= 0.6 is 23.2 Å². The van der Waals surface area contributed by atoms with Crippen molar-refractivity contribution in [3.63, 3.8) is 0 Å². The van der Waals surface area contributed by atoms with Gasteiger partial charge >= 0.3 is 0 Å². The van der Waals surface area contributed by atoms with Crippen molar-refractivity contribution in [3.8, 4) is 11.5 Å². The number of halogens is 2. The molecule has 76 valence electrons. The summed E-state index contributed by atoms with van der Waals surface area (Å²) in [5.74, 6) is -0.270. The van der Waals surface area contributed by atoms with Gasteiger partial charge in [-0.2, -0.15) is 0 Å².